The third-order valence-electron chi connectivity index (χ3n) is 3.95. The standard InChI is InChI=1S/C11H22N2O/c1-13-6-4-11(12,5-7-13)10-2-8-14-9-3-10/h10H,2-9,12H2,1H3. The molecule has 0 radical (unpaired) electrons. The lowest BCUT2D eigenvalue weighted by molar-refractivity contribution is 0.0207. The van der Waals surface area contributed by atoms with Gasteiger partial charge in [-0.25, -0.2) is 0 Å². The second-order valence-electron chi connectivity index (χ2n) is 4.92. The van der Waals surface area contributed by atoms with E-state index in [0.717, 1.165) is 39.1 Å². The molecule has 2 saturated heterocycles. The molecular formula is C11H22N2O. The Balaban J connectivity index is 1.93. The molecule has 0 amide bonds. The molecule has 0 aromatic rings. The molecule has 3 heteroatoms. The summed E-state index contributed by atoms with van der Waals surface area (Å²) in [5.41, 5.74) is 6.62. The largest absolute Gasteiger partial charge is 0.381 e. The van der Waals surface area contributed by atoms with E-state index in [9.17, 15) is 0 Å². The number of rotatable bonds is 1. The molecule has 0 bridgehead atoms. The highest BCUT2D eigenvalue weighted by Gasteiger charge is 2.37. The average molecular weight is 198 g/mol. The zero-order chi connectivity index (χ0) is 10.0. The molecule has 0 aliphatic carbocycles. The van der Waals surface area contributed by atoms with Gasteiger partial charge < -0.3 is 15.4 Å². The molecule has 2 rings (SSSR count). The second kappa shape index (κ2) is 4.17. The topological polar surface area (TPSA) is 38.5 Å². The Hall–Kier alpha value is -0.120. The van der Waals surface area contributed by atoms with Crippen LogP contribution in [-0.4, -0.2) is 43.8 Å². The summed E-state index contributed by atoms with van der Waals surface area (Å²) in [6.07, 6.45) is 4.66. The summed E-state index contributed by atoms with van der Waals surface area (Å²) in [6, 6.07) is 0. The fourth-order valence-corrected chi connectivity index (χ4v) is 2.72. The van der Waals surface area contributed by atoms with Gasteiger partial charge in [0.25, 0.3) is 0 Å². The van der Waals surface area contributed by atoms with Gasteiger partial charge in [-0.2, -0.15) is 0 Å². The number of hydrogen-bond acceptors (Lipinski definition) is 3. The van der Waals surface area contributed by atoms with Crippen LogP contribution in [0.5, 0.6) is 0 Å². The first kappa shape index (κ1) is 10.4. The summed E-state index contributed by atoms with van der Waals surface area (Å²) in [5.74, 6) is 0.699. The maximum absolute atomic E-state index is 6.51. The van der Waals surface area contributed by atoms with Gasteiger partial charge in [-0.3, -0.25) is 0 Å². The van der Waals surface area contributed by atoms with Gasteiger partial charge in [0.2, 0.25) is 0 Å². The zero-order valence-electron chi connectivity index (χ0n) is 9.17. The highest BCUT2D eigenvalue weighted by Crippen LogP contribution is 2.33. The van der Waals surface area contributed by atoms with Gasteiger partial charge in [-0.1, -0.05) is 0 Å². The van der Waals surface area contributed by atoms with Crippen LogP contribution in [0.4, 0.5) is 0 Å². The molecule has 0 atom stereocenters. The van der Waals surface area contributed by atoms with Crippen molar-refractivity contribution in [1.29, 1.82) is 0 Å². The van der Waals surface area contributed by atoms with Crippen molar-refractivity contribution >= 4 is 0 Å². The number of nitrogens with two attached hydrogens (primary N) is 1. The van der Waals surface area contributed by atoms with Crippen molar-refractivity contribution in [3.8, 4) is 0 Å². The van der Waals surface area contributed by atoms with Crippen LogP contribution < -0.4 is 5.73 Å². The van der Waals surface area contributed by atoms with Gasteiger partial charge >= 0.3 is 0 Å². The molecule has 0 aromatic heterocycles. The number of likely N-dealkylation sites (tertiary alicyclic amines) is 1. The van der Waals surface area contributed by atoms with Crippen LogP contribution >= 0.6 is 0 Å². The molecule has 0 aromatic carbocycles. The Labute approximate surface area is 86.6 Å². The molecule has 2 N–H and O–H groups in total. The monoisotopic (exact) mass is 198 g/mol. The van der Waals surface area contributed by atoms with E-state index in [4.69, 9.17) is 10.5 Å². The molecular weight excluding hydrogens is 176 g/mol. The van der Waals surface area contributed by atoms with E-state index in [0.29, 0.717) is 5.92 Å². The van der Waals surface area contributed by atoms with Gasteiger partial charge in [0.1, 0.15) is 0 Å². The Kier molecular flexibility index (Phi) is 3.10. The number of piperidine rings is 1. The Morgan fingerprint density at radius 2 is 1.79 bits per heavy atom. The SMILES string of the molecule is CN1CCC(N)(C2CCOCC2)CC1. The van der Waals surface area contributed by atoms with Crippen LogP contribution in [0.15, 0.2) is 0 Å². The van der Waals surface area contributed by atoms with Crippen molar-refractivity contribution in [3.63, 3.8) is 0 Å². The molecule has 3 nitrogen and oxygen atoms in total. The van der Waals surface area contributed by atoms with E-state index in [1.165, 1.54) is 12.8 Å². The van der Waals surface area contributed by atoms with Crippen LogP contribution in [-0.2, 0) is 4.74 Å². The van der Waals surface area contributed by atoms with Crippen LogP contribution in [0.2, 0.25) is 0 Å². The third-order valence-corrected chi connectivity index (χ3v) is 3.95. The van der Waals surface area contributed by atoms with Crippen molar-refractivity contribution < 1.29 is 4.74 Å². The smallest absolute Gasteiger partial charge is 0.0469 e. The minimum Gasteiger partial charge on any atom is -0.381 e. The zero-order valence-corrected chi connectivity index (χ0v) is 9.17. The third kappa shape index (κ3) is 2.10. The van der Waals surface area contributed by atoms with Gasteiger partial charge in [0.05, 0.1) is 0 Å². The fourth-order valence-electron chi connectivity index (χ4n) is 2.72. The highest BCUT2D eigenvalue weighted by molar-refractivity contribution is 4.95. The minimum atomic E-state index is 0.107. The Bertz CT molecular complexity index is 182. The van der Waals surface area contributed by atoms with Crippen LogP contribution in [0.3, 0.4) is 0 Å². The quantitative estimate of drug-likeness (QED) is 0.678. The Morgan fingerprint density at radius 1 is 1.21 bits per heavy atom. The van der Waals surface area contributed by atoms with E-state index >= 15 is 0 Å². The lowest BCUT2D eigenvalue weighted by atomic mass is 9.73. The summed E-state index contributed by atoms with van der Waals surface area (Å²) in [5, 5.41) is 0. The van der Waals surface area contributed by atoms with Crippen molar-refractivity contribution in [3.05, 3.63) is 0 Å². The number of nitrogens with zero attached hydrogens (tertiary/aromatic N) is 1. The summed E-state index contributed by atoms with van der Waals surface area (Å²) >= 11 is 0. The van der Waals surface area contributed by atoms with Gasteiger partial charge in [-0.05, 0) is 51.7 Å². The summed E-state index contributed by atoms with van der Waals surface area (Å²) in [7, 11) is 2.18. The van der Waals surface area contributed by atoms with Crippen LogP contribution in [0.1, 0.15) is 25.7 Å². The number of hydrogen-bond donors (Lipinski definition) is 1. The maximum atomic E-state index is 6.51. The molecule has 2 aliphatic heterocycles. The predicted molar refractivity (Wildman–Crippen MR) is 57.2 cm³/mol. The van der Waals surface area contributed by atoms with Gasteiger partial charge in [-0.15, -0.1) is 0 Å². The minimum absolute atomic E-state index is 0.107. The van der Waals surface area contributed by atoms with E-state index in [1.807, 2.05) is 0 Å². The van der Waals surface area contributed by atoms with E-state index in [-0.39, 0.29) is 5.54 Å². The first-order valence-electron chi connectivity index (χ1n) is 5.76. The van der Waals surface area contributed by atoms with Gasteiger partial charge in [0.15, 0.2) is 0 Å². The lowest BCUT2D eigenvalue weighted by Crippen LogP contribution is -2.55. The summed E-state index contributed by atoms with van der Waals surface area (Å²) in [6.45, 7) is 4.15. The molecule has 2 aliphatic rings. The number of ether oxygens (including phenoxy) is 1. The van der Waals surface area contributed by atoms with Crippen molar-refractivity contribution in [2.45, 2.75) is 31.2 Å². The van der Waals surface area contributed by atoms with E-state index in [2.05, 4.69) is 11.9 Å². The average Bonchev–Trinajstić information content (AvgIpc) is 2.24. The van der Waals surface area contributed by atoms with E-state index in [1.54, 1.807) is 0 Å². The first-order valence-corrected chi connectivity index (χ1v) is 5.76. The normalized spacial score (nSPS) is 30.4. The fraction of sp³-hybridized carbons (Fsp3) is 1.00. The van der Waals surface area contributed by atoms with Crippen molar-refractivity contribution in [2.24, 2.45) is 11.7 Å². The molecule has 0 unspecified atom stereocenters. The highest BCUT2D eigenvalue weighted by atomic mass is 16.5. The van der Waals surface area contributed by atoms with Crippen molar-refractivity contribution in [1.82, 2.24) is 4.90 Å². The predicted octanol–water partition coefficient (Wildman–Crippen LogP) is 0.836. The lowest BCUT2D eigenvalue weighted by Gasteiger charge is -2.44. The summed E-state index contributed by atoms with van der Waals surface area (Å²) < 4.78 is 5.39. The molecule has 0 spiro atoms. The molecule has 82 valence electrons. The molecule has 2 heterocycles. The first-order chi connectivity index (χ1) is 6.71. The molecule has 14 heavy (non-hydrogen) atoms. The molecule has 2 fully saturated rings. The van der Waals surface area contributed by atoms with Crippen LogP contribution in [0, 0.1) is 5.92 Å². The van der Waals surface area contributed by atoms with Crippen LogP contribution in [0.25, 0.3) is 0 Å². The van der Waals surface area contributed by atoms with Crippen molar-refractivity contribution in [2.75, 3.05) is 33.4 Å². The second-order valence-corrected chi connectivity index (χ2v) is 4.92. The maximum Gasteiger partial charge on any atom is 0.0469 e. The molecule has 0 saturated carbocycles. The van der Waals surface area contributed by atoms with Gasteiger partial charge in [0, 0.05) is 18.8 Å². The summed E-state index contributed by atoms with van der Waals surface area (Å²) in [4.78, 5) is 2.38. The Morgan fingerprint density at radius 3 is 2.36 bits per heavy atom. The van der Waals surface area contributed by atoms with E-state index < -0.39 is 0 Å².